The predicted octanol–water partition coefficient (Wildman–Crippen LogP) is 0.648. The van der Waals surface area contributed by atoms with E-state index in [1.165, 1.54) is 9.88 Å². The molecule has 1 amide bonds. The van der Waals surface area contributed by atoms with E-state index in [1.54, 1.807) is 0 Å². The van der Waals surface area contributed by atoms with E-state index in [0.29, 0.717) is 25.9 Å². The van der Waals surface area contributed by atoms with Crippen molar-refractivity contribution >= 4 is 28.3 Å². The van der Waals surface area contributed by atoms with Crippen LogP contribution in [0.5, 0.6) is 0 Å². The number of rotatable bonds is 6. The molecule has 2 rings (SSSR count). The lowest BCUT2D eigenvalue weighted by atomic mass is 10.1. The quantitative estimate of drug-likeness (QED) is 0.689. The average molecular weight is 352 g/mol. The molecule has 1 fully saturated rings. The van der Waals surface area contributed by atoms with E-state index < -0.39 is 16.1 Å². The summed E-state index contributed by atoms with van der Waals surface area (Å²) in [5.41, 5.74) is 1.21. The number of carbonyl (C=O) groups excluding carboxylic acids is 1. The van der Waals surface area contributed by atoms with E-state index >= 15 is 0 Å². The number of amides is 1. The third kappa shape index (κ3) is 4.94. The van der Waals surface area contributed by atoms with Crippen molar-refractivity contribution in [1.29, 1.82) is 0 Å². The predicted molar refractivity (Wildman–Crippen MR) is 89.6 cm³/mol. The molecule has 2 aliphatic heterocycles. The fourth-order valence-corrected chi connectivity index (χ4v) is 4.61. The van der Waals surface area contributed by atoms with Crippen molar-refractivity contribution in [3.05, 3.63) is 11.6 Å². The molecule has 0 aliphatic carbocycles. The molecular weight excluding hydrogens is 326 g/mol. The van der Waals surface area contributed by atoms with Gasteiger partial charge < -0.3 is 10.6 Å². The number of sulfonamides is 1. The molecule has 2 heterocycles. The fourth-order valence-electron chi connectivity index (χ4n) is 2.86. The Balaban J connectivity index is 0.00000242. The van der Waals surface area contributed by atoms with Crippen molar-refractivity contribution in [3.8, 4) is 0 Å². The summed E-state index contributed by atoms with van der Waals surface area (Å²) in [5.74, 6) is -0.0419. The van der Waals surface area contributed by atoms with E-state index in [1.807, 2.05) is 6.92 Å². The van der Waals surface area contributed by atoms with Gasteiger partial charge in [0.05, 0.1) is 5.75 Å². The highest BCUT2D eigenvalue weighted by molar-refractivity contribution is 7.89. The SMILES string of the molecule is CCCS(=O)(=O)N1CCCC1C(=O)NCC1=CCNCC1.Cl. The van der Waals surface area contributed by atoms with Crippen molar-refractivity contribution in [1.82, 2.24) is 14.9 Å². The van der Waals surface area contributed by atoms with Gasteiger partial charge in [-0.3, -0.25) is 4.79 Å². The Morgan fingerprint density at radius 1 is 1.50 bits per heavy atom. The first-order valence-corrected chi connectivity index (χ1v) is 9.31. The first-order chi connectivity index (χ1) is 10.0. The maximum Gasteiger partial charge on any atom is 0.238 e. The molecule has 6 nitrogen and oxygen atoms in total. The van der Waals surface area contributed by atoms with Crippen LogP contribution in [0.15, 0.2) is 11.6 Å². The van der Waals surface area contributed by atoms with Crippen molar-refractivity contribution in [2.24, 2.45) is 0 Å². The number of nitrogens with one attached hydrogen (secondary N) is 2. The summed E-state index contributed by atoms with van der Waals surface area (Å²) in [6.07, 6.45) is 4.98. The minimum absolute atomic E-state index is 0. The lowest BCUT2D eigenvalue weighted by molar-refractivity contribution is -0.124. The first-order valence-electron chi connectivity index (χ1n) is 7.70. The van der Waals surface area contributed by atoms with Gasteiger partial charge in [0.2, 0.25) is 15.9 Å². The van der Waals surface area contributed by atoms with E-state index in [9.17, 15) is 13.2 Å². The van der Waals surface area contributed by atoms with Gasteiger partial charge in [0.15, 0.2) is 0 Å². The van der Waals surface area contributed by atoms with E-state index in [-0.39, 0.29) is 24.1 Å². The van der Waals surface area contributed by atoms with Gasteiger partial charge in [-0.15, -0.1) is 12.4 Å². The van der Waals surface area contributed by atoms with E-state index in [2.05, 4.69) is 16.7 Å². The molecule has 0 saturated carbocycles. The summed E-state index contributed by atoms with van der Waals surface area (Å²) in [5, 5.41) is 6.12. The van der Waals surface area contributed by atoms with Crippen LogP contribution in [0.4, 0.5) is 0 Å². The Hall–Kier alpha value is -0.630. The normalized spacial score (nSPS) is 22.8. The second kappa shape index (κ2) is 8.86. The van der Waals surface area contributed by atoms with Gasteiger partial charge in [-0.05, 0) is 32.2 Å². The van der Waals surface area contributed by atoms with Crippen LogP contribution in [-0.2, 0) is 14.8 Å². The highest BCUT2D eigenvalue weighted by Gasteiger charge is 2.37. The molecule has 0 bridgehead atoms. The Bertz CT molecular complexity index is 507. The molecule has 2 N–H and O–H groups in total. The van der Waals surface area contributed by atoms with E-state index in [4.69, 9.17) is 0 Å². The zero-order valence-electron chi connectivity index (χ0n) is 13.0. The monoisotopic (exact) mass is 351 g/mol. The highest BCUT2D eigenvalue weighted by atomic mass is 35.5. The highest BCUT2D eigenvalue weighted by Crippen LogP contribution is 2.22. The summed E-state index contributed by atoms with van der Waals surface area (Å²) in [6.45, 7) is 4.60. The molecule has 0 aromatic rings. The second-order valence-electron chi connectivity index (χ2n) is 5.62. The summed E-state index contributed by atoms with van der Waals surface area (Å²) >= 11 is 0. The van der Waals surface area contributed by atoms with Crippen LogP contribution in [0.1, 0.15) is 32.6 Å². The summed E-state index contributed by atoms with van der Waals surface area (Å²) in [7, 11) is -3.30. The van der Waals surface area contributed by atoms with Crippen molar-refractivity contribution < 1.29 is 13.2 Å². The Labute approximate surface area is 139 Å². The molecule has 0 aromatic carbocycles. The van der Waals surface area contributed by atoms with Gasteiger partial charge in [-0.2, -0.15) is 4.31 Å². The molecule has 8 heteroatoms. The van der Waals surface area contributed by atoms with E-state index in [0.717, 1.165) is 25.9 Å². The lowest BCUT2D eigenvalue weighted by Gasteiger charge is -2.23. The molecule has 1 unspecified atom stereocenters. The average Bonchev–Trinajstić information content (AvgIpc) is 2.96. The summed E-state index contributed by atoms with van der Waals surface area (Å²) in [4.78, 5) is 12.3. The van der Waals surface area contributed by atoms with Crippen LogP contribution in [0.25, 0.3) is 0 Å². The number of nitrogens with zero attached hydrogens (tertiary/aromatic N) is 1. The van der Waals surface area contributed by atoms with Crippen LogP contribution in [0.3, 0.4) is 0 Å². The minimum Gasteiger partial charge on any atom is -0.351 e. The molecule has 1 saturated heterocycles. The summed E-state index contributed by atoms with van der Waals surface area (Å²) < 4.78 is 25.8. The molecule has 0 radical (unpaired) electrons. The molecule has 2 aliphatic rings. The Morgan fingerprint density at radius 3 is 2.91 bits per heavy atom. The van der Waals surface area contributed by atoms with Gasteiger partial charge in [0.25, 0.3) is 0 Å². The van der Waals surface area contributed by atoms with Gasteiger partial charge in [0.1, 0.15) is 6.04 Å². The lowest BCUT2D eigenvalue weighted by Crippen LogP contribution is -2.47. The number of hydrogen-bond donors (Lipinski definition) is 2. The second-order valence-corrected chi connectivity index (χ2v) is 7.66. The van der Waals surface area contributed by atoms with Gasteiger partial charge >= 0.3 is 0 Å². The van der Waals surface area contributed by atoms with Gasteiger partial charge in [-0.1, -0.05) is 18.6 Å². The molecular formula is C14H26ClN3O3S. The number of halogens is 1. The molecule has 128 valence electrons. The van der Waals surface area contributed by atoms with Gasteiger partial charge in [0, 0.05) is 19.6 Å². The van der Waals surface area contributed by atoms with Crippen LogP contribution < -0.4 is 10.6 Å². The zero-order valence-corrected chi connectivity index (χ0v) is 14.6. The topological polar surface area (TPSA) is 78.5 Å². The van der Waals surface area contributed by atoms with Crippen molar-refractivity contribution in [2.45, 2.75) is 38.6 Å². The van der Waals surface area contributed by atoms with Crippen LogP contribution in [-0.4, -0.2) is 56.6 Å². The molecule has 1 atom stereocenters. The molecule has 22 heavy (non-hydrogen) atoms. The molecule has 0 spiro atoms. The van der Waals surface area contributed by atoms with Crippen LogP contribution >= 0.6 is 12.4 Å². The Kier molecular flexibility index (Phi) is 7.82. The third-order valence-corrected chi connectivity index (χ3v) is 6.05. The summed E-state index contributed by atoms with van der Waals surface area (Å²) in [6, 6.07) is -0.524. The first kappa shape index (κ1) is 19.4. The number of hydrogen-bond acceptors (Lipinski definition) is 4. The molecule has 0 aromatic heterocycles. The minimum atomic E-state index is -3.30. The third-order valence-electron chi connectivity index (χ3n) is 3.97. The largest absolute Gasteiger partial charge is 0.351 e. The van der Waals surface area contributed by atoms with Crippen LogP contribution in [0.2, 0.25) is 0 Å². The smallest absolute Gasteiger partial charge is 0.238 e. The standard InChI is InChI=1S/C14H25N3O3S.ClH/c1-2-10-21(19,20)17-9-3-4-13(17)14(18)16-11-12-5-7-15-8-6-12;/h5,13,15H,2-4,6-11H2,1H3,(H,16,18);1H. The fraction of sp³-hybridized carbons (Fsp3) is 0.786. The van der Waals surface area contributed by atoms with Crippen molar-refractivity contribution in [2.75, 3.05) is 31.9 Å². The Morgan fingerprint density at radius 2 is 2.27 bits per heavy atom. The zero-order chi connectivity index (χ0) is 15.3. The van der Waals surface area contributed by atoms with Crippen LogP contribution in [0, 0.1) is 0 Å². The maximum absolute atomic E-state index is 12.3. The van der Waals surface area contributed by atoms with Gasteiger partial charge in [-0.25, -0.2) is 8.42 Å². The maximum atomic E-state index is 12.3. The van der Waals surface area contributed by atoms with Crippen molar-refractivity contribution in [3.63, 3.8) is 0 Å². The number of carbonyl (C=O) groups is 1.